The van der Waals surface area contributed by atoms with Gasteiger partial charge in [0.1, 0.15) is 0 Å². The summed E-state index contributed by atoms with van der Waals surface area (Å²) in [6.07, 6.45) is 2.40. The molecule has 0 aromatic carbocycles. The summed E-state index contributed by atoms with van der Waals surface area (Å²) in [5.41, 5.74) is 0. The van der Waals surface area contributed by atoms with E-state index in [2.05, 4.69) is 0 Å². The first-order chi connectivity index (χ1) is 7.17. The molecule has 0 radical (unpaired) electrons. The van der Waals surface area contributed by atoms with E-state index in [1.807, 2.05) is 11.8 Å². The van der Waals surface area contributed by atoms with Crippen LogP contribution in [0.15, 0.2) is 0 Å². The first-order valence-electron chi connectivity index (χ1n) is 5.54. The molecular formula is C11H17NO3. The van der Waals surface area contributed by atoms with Gasteiger partial charge in [0.05, 0.1) is 13.0 Å². The second-order valence-corrected chi connectivity index (χ2v) is 4.42. The molecule has 2 bridgehead atoms. The fourth-order valence-electron chi connectivity index (χ4n) is 2.99. The molecule has 0 aromatic heterocycles. The van der Waals surface area contributed by atoms with Gasteiger partial charge in [-0.05, 0) is 25.7 Å². The Bertz CT molecular complexity index is 290. The van der Waals surface area contributed by atoms with Gasteiger partial charge in [-0.1, -0.05) is 0 Å². The minimum absolute atomic E-state index is 0.0913. The minimum atomic E-state index is -0.157. The summed E-state index contributed by atoms with van der Waals surface area (Å²) in [5.74, 6) is 0.349. The first kappa shape index (κ1) is 10.5. The van der Waals surface area contributed by atoms with Crippen molar-refractivity contribution in [3.63, 3.8) is 0 Å². The van der Waals surface area contributed by atoms with Gasteiger partial charge in [-0.15, -0.1) is 0 Å². The summed E-state index contributed by atoms with van der Waals surface area (Å²) < 4.78 is 4.79. The average Bonchev–Trinajstić information content (AvgIpc) is 2.56. The largest absolute Gasteiger partial charge is 0.469 e. The maximum Gasteiger partial charge on any atom is 0.310 e. The van der Waals surface area contributed by atoms with Crippen LogP contribution in [0, 0.1) is 11.8 Å². The molecule has 84 valence electrons. The second-order valence-electron chi connectivity index (χ2n) is 4.42. The third-order valence-electron chi connectivity index (χ3n) is 3.66. The van der Waals surface area contributed by atoms with Crippen molar-refractivity contribution < 1.29 is 14.3 Å². The van der Waals surface area contributed by atoms with Crippen LogP contribution in [0.4, 0.5) is 0 Å². The summed E-state index contributed by atoms with van der Waals surface area (Å²) >= 11 is 0. The van der Waals surface area contributed by atoms with Crippen molar-refractivity contribution in [2.75, 3.05) is 13.7 Å². The standard InChI is InChI=1S/C11H17NO3/c1-3-12-9-5-7(6-10(12)13)4-8(9)11(14)15-2/h7-9H,3-6H2,1-2H3/t7-,8+,9+/m0/s1. The van der Waals surface area contributed by atoms with Gasteiger partial charge < -0.3 is 9.64 Å². The van der Waals surface area contributed by atoms with E-state index >= 15 is 0 Å². The minimum Gasteiger partial charge on any atom is -0.469 e. The zero-order valence-corrected chi connectivity index (χ0v) is 9.23. The molecule has 0 unspecified atom stereocenters. The van der Waals surface area contributed by atoms with Crippen molar-refractivity contribution in [2.45, 2.75) is 32.2 Å². The highest BCUT2D eigenvalue weighted by molar-refractivity contribution is 5.81. The average molecular weight is 211 g/mol. The van der Waals surface area contributed by atoms with E-state index in [0.717, 1.165) is 12.8 Å². The number of ether oxygens (including phenoxy) is 1. The van der Waals surface area contributed by atoms with E-state index < -0.39 is 0 Å². The van der Waals surface area contributed by atoms with E-state index in [0.29, 0.717) is 18.9 Å². The van der Waals surface area contributed by atoms with Crippen molar-refractivity contribution in [3.8, 4) is 0 Å². The number of amides is 1. The van der Waals surface area contributed by atoms with E-state index in [-0.39, 0.29) is 23.8 Å². The van der Waals surface area contributed by atoms with Gasteiger partial charge in [0, 0.05) is 19.0 Å². The van der Waals surface area contributed by atoms with E-state index in [1.54, 1.807) is 0 Å². The quantitative estimate of drug-likeness (QED) is 0.635. The van der Waals surface area contributed by atoms with Crippen LogP contribution in [0.3, 0.4) is 0 Å². The van der Waals surface area contributed by atoms with Crippen LogP contribution < -0.4 is 0 Å². The summed E-state index contributed by atoms with van der Waals surface area (Å²) in [4.78, 5) is 25.1. The van der Waals surface area contributed by atoms with Crippen LogP contribution in [0.25, 0.3) is 0 Å². The highest BCUT2D eigenvalue weighted by Gasteiger charge is 2.47. The predicted molar refractivity (Wildman–Crippen MR) is 54.0 cm³/mol. The lowest BCUT2D eigenvalue weighted by molar-refractivity contribution is -0.148. The topological polar surface area (TPSA) is 46.6 Å². The van der Waals surface area contributed by atoms with Gasteiger partial charge in [-0.25, -0.2) is 0 Å². The Morgan fingerprint density at radius 1 is 1.53 bits per heavy atom. The van der Waals surface area contributed by atoms with Crippen molar-refractivity contribution in [1.29, 1.82) is 0 Å². The van der Waals surface area contributed by atoms with Crippen LogP contribution in [0.2, 0.25) is 0 Å². The number of nitrogens with zero attached hydrogens (tertiary/aromatic N) is 1. The summed E-state index contributed by atoms with van der Waals surface area (Å²) in [5, 5.41) is 0. The van der Waals surface area contributed by atoms with Gasteiger partial charge in [0.2, 0.25) is 5.91 Å². The van der Waals surface area contributed by atoms with Gasteiger partial charge in [-0.2, -0.15) is 0 Å². The predicted octanol–water partition coefficient (Wildman–Crippen LogP) is 0.806. The number of carbonyl (C=O) groups excluding carboxylic acids is 2. The highest BCUT2D eigenvalue weighted by atomic mass is 16.5. The number of fused-ring (bicyclic) bond motifs is 2. The number of hydrogen-bond acceptors (Lipinski definition) is 3. The van der Waals surface area contributed by atoms with Crippen LogP contribution in [0.5, 0.6) is 0 Å². The molecule has 2 aliphatic rings. The van der Waals surface area contributed by atoms with Crippen LogP contribution in [0.1, 0.15) is 26.2 Å². The number of esters is 1. The Kier molecular flexibility index (Phi) is 2.67. The van der Waals surface area contributed by atoms with E-state index in [1.165, 1.54) is 7.11 Å². The van der Waals surface area contributed by atoms with Gasteiger partial charge >= 0.3 is 5.97 Å². The Labute approximate surface area is 89.6 Å². The summed E-state index contributed by atoms with van der Waals surface area (Å²) in [6.45, 7) is 2.66. The normalized spacial score (nSPS) is 34.4. The van der Waals surface area contributed by atoms with Crippen molar-refractivity contribution in [1.82, 2.24) is 4.90 Å². The molecule has 4 heteroatoms. The van der Waals surface area contributed by atoms with Crippen molar-refractivity contribution >= 4 is 11.9 Å². The third kappa shape index (κ3) is 1.62. The molecule has 15 heavy (non-hydrogen) atoms. The first-order valence-corrected chi connectivity index (χ1v) is 5.54. The van der Waals surface area contributed by atoms with E-state index in [9.17, 15) is 9.59 Å². The fraction of sp³-hybridized carbons (Fsp3) is 0.818. The maximum absolute atomic E-state index is 11.7. The molecule has 1 saturated heterocycles. The molecule has 2 rings (SSSR count). The molecule has 0 N–H and O–H groups in total. The van der Waals surface area contributed by atoms with Gasteiger partial charge in [-0.3, -0.25) is 9.59 Å². The molecular weight excluding hydrogens is 194 g/mol. The number of likely N-dealkylation sites (tertiary alicyclic amines) is 1. The number of rotatable bonds is 2. The summed E-state index contributed by atoms with van der Waals surface area (Å²) in [6, 6.07) is 0.0914. The SMILES string of the molecule is CCN1C(=O)C[C@@H]2C[C@@H]1[C@H](C(=O)OC)C2. The Hall–Kier alpha value is -1.06. The van der Waals surface area contributed by atoms with Crippen molar-refractivity contribution in [3.05, 3.63) is 0 Å². The highest BCUT2D eigenvalue weighted by Crippen LogP contribution is 2.41. The zero-order valence-electron chi connectivity index (χ0n) is 9.23. The van der Waals surface area contributed by atoms with E-state index in [4.69, 9.17) is 4.74 Å². The molecule has 1 aliphatic carbocycles. The second kappa shape index (κ2) is 3.83. The molecule has 0 aromatic rings. The maximum atomic E-state index is 11.7. The Morgan fingerprint density at radius 2 is 2.27 bits per heavy atom. The lowest BCUT2D eigenvalue weighted by Gasteiger charge is -2.33. The lowest BCUT2D eigenvalue weighted by Crippen LogP contribution is -2.46. The van der Waals surface area contributed by atoms with Gasteiger partial charge in [0.25, 0.3) is 0 Å². The number of hydrogen-bond donors (Lipinski definition) is 0. The zero-order chi connectivity index (χ0) is 11.0. The Balaban J connectivity index is 2.18. The van der Waals surface area contributed by atoms with Crippen LogP contribution in [-0.2, 0) is 14.3 Å². The van der Waals surface area contributed by atoms with Crippen LogP contribution >= 0.6 is 0 Å². The fourth-order valence-corrected chi connectivity index (χ4v) is 2.99. The number of methoxy groups -OCH3 is 1. The number of piperidine rings is 1. The molecule has 3 atom stereocenters. The molecule has 4 nitrogen and oxygen atoms in total. The van der Waals surface area contributed by atoms with Crippen LogP contribution in [-0.4, -0.2) is 36.5 Å². The molecule has 1 aliphatic heterocycles. The Morgan fingerprint density at radius 3 is 2.87 bits per heavy atom. The van der Waals surface area contributed by atoms with Gasteiger partial charge in [0.15, 0.2) is 0 Å². The summed E-state index contributed by atoms with van der Waals surface area (Å²) in [7, 11) is 1.42. The molecule has 1 heterocycles. The lowest BCUT2D eigenvalue weighted by atomic mass is 9.98. The molecule has 1 saturated carbocycles. The molecule has 1 amide bonds. The van der Waals surface area contributed by atoms with Crippen molar-refractivity contribution in [2.24, 2.45) is 11.8 Å². The molecule has 2 fully saturated rings. The number of carbonyl (C=O) groups is 2. The third-order valence-corrected chi connectivity index (χ3v) is 3.66. The monoisotopic (exact) mass is 211 g/mol. The molecule has 0 spiro atoms. The smallest absolute Gasteiger partial charge is 0.310 e.